The molecule has 1 saturated heterocycles. The van der Waals surface area contributed by atoms with Crippen LogP contribution >= 0.6 is 0 Å². The lowest BCUT2D eigenvalue weighted by Gasteiger charge is -2.35. The molecule has 19 heavy (non-hydrogen) atoms. The van der Waals surface area contributed by atoms with E-state index in [1.807, 2.05) is 13.8 Å². The minimum Gasteiger partial charge on any atom is -0.469 e. The van der Waals surface area contributed by atoms with Crippen molar-refractivity contribution in [3.63, 3.8) is 0 Å². The van der Waals surface area contributed by atoms with E-state index in [9.17, 15) is 9.90 Å². The zero-order valence-corrected chi connectivity index (χ0v) is 12.4. The molecular formula is C15H27NO3. The van der Waals surface area contributed by atoms with Crippen molar-refractivity contribution in [3.05, 3.63) is 0 Å². The van der Waals surface area contributed by atoms with Crippen molar-refractivity contribution in [2.45, 2.75) is 58.1 Å². The number of ether oxygens (including phenoxy) is 1. The van der Waals surface area contributed by atoms with Crippen LogP contribution in [0.3, 0.4) is 0 Å². The van der Waals surface area contributed by atoms with Gasteiger partial charge in [-0.05, 0) is 46.1 Å². The Kier molecular flexibility index (Phi) is 4.51. The van der Waals surface area contributed by atoms with Crippen molar-refractivity contribution in [1.82, 2.24) is 4.90 Å². The summed E-state index contributed by atoms with van der Waals surface area (Å²) in [7, 11) is 1.45. The van der Waals surface area contributed by atoms with Gasteiger partial charge < -0.3 is 9.84 Å². The number of carbonyl (C=O) groups excluding carboxylic acids is 1. The lowest BCUT2D eigenvalue weighted by Crippen LogP contribution is -2.46. The SMILES string of the molecule is COC(=O)C(C)(C)CN1CCCC1C1CCCC1O. The molecule has 1 aliphatic carbocycles. The number of hydrogen-bond donors (Lipinski definition) is 1. The smallest absolute Gasteiger partial charge is 0.312 e. The molecule has 0 spiro atoms. The summed E-state index contributed by atoms with van der Waals surface area (Å²) in [6, 6.07) is 0.446. The Bertz CT molecular complexity index is 329. The highest BCUT2D eigenvalue weighted by molar-refractivity contribution is 5.76. The average Bonchev–Trinajstić information content (AvgIpc) is 2.96. The first-order valence-electron chi connectivity index (χ1n) is 7.46. The Morgan fingerprint density at radius 1 is 1.32 bits per heavy atom. The number of rotatable bonds is 4. The molecule has 3 unspecified atom stereocenters. The molecule has 110 valence electrons. The summed E-state index contributed by atoms with van der Waals surface area (Å²) in [5.74, 6) is 0.251. The zero-order chi connectivity index (χ0) is 14.0. The molecule has 4 nitrogen and oxygen atoms in total. The number of aliphatic hydroxyl groups is 1. The van der Waals surface area contributed by atoms with Crippen LogP contribution in [0.2, 0.25) is 0 Å². The van der Waals surface area contributed by atoms with Crippen LogP contribution < -0.4 is 0 Å². The van der Waals surface area contributed by atoms with Crippen LogP contribution in [0, 0.1) is 11.3 Å². The van der Waals surface area contributed by atoms with E-state index in [1.54, 1.807) is 0 Å². The Labute approximate surface area is 116 Å². The van der Waals surface area contributed by atoms with E-state index in [1.165, 1.54) is 13.5 Å². The minimum atomic E-state index is -0.471. The fraction of sp³-hybridized carbons (Fsp3) is 0.933. The second-order valence-corrected chi connectivity index (χ2v) is 6.72. The molecule has 3 atom stereocenters. The first-order chi connectivity index (χ1) is 8.95. The van der Waals surface area contributed by atoms with E-state index in [2.05, 4.69) is 4.90 Å². The molecule has 0 aromatic heterocycles. The lowest BCUT2D eigenvalue weighted by atomic mass is 9.89. The molecule has 1 N–H and O–H groups in total. The third kappa shape index (κ3) is 3.11. The van der Waals surface area contributed by atoms with Gasteiger partial charge in [0.05, 0.1) is 18.6 Å². The first-order valence-corrected chi connectivity index (χ1v) is 7.46. The number of methoxy groups -OCH3 is 1. The molecule has 0 aromatic carbocycles. The van der Waals surface area contributed by atoms with E-state index in [-0.39, 0.29) is 12.1 Å². The van der Waals surface area contributed by atoms with Crippen LogP contribution in [0.25, 0.3) is 0 Å². The summed E-state index contributed by atoms with van der Waals surface area (Å²) in [4.78, 5) is 14.2. The monoisotopic (exact) mass is 269 g/mol. The maximum atomic E-state index is 11.8. The normalized spacial score (nSPS) is 32.7. The molecular weight excluding hydrogens is 242 g/mol. The molecule has 0 aromatic rings. The molecule has 0 bridgehead atoms. The van der Waals surface area contributed by atoms with Gasteiger partial charge in [-0.2, -0.15) is 0 Å². The van der Waals surface area contributed by atoms with Crippen LogP contribution in [0.1, 0.15) is 46.0 Å². The summed E-state index contributed by atoms with van der Waals surface area (Å²) in [6.07, 6.45) is 5.38. The lowest BCUT2D eigenvalue weighted by molar-refractivity contribution is -0.152. The highest BCUT2D eigenvalue weighted by Gasteiger charge is 2.41. The predicted octanol–water partition coefficient (Wildman–Crippen LogP) is 1.81. The van der Waals surface area contributed by atoms with Crippen LogP contribution in [0.5, 0.6) is 0 Å². The number of esters is 1. The molecule has 2 rings (SSSR count). The molecule has 1 aliphatic heterocycles. The van der Waals surface area contributed by atoms with Crippen LogP contribution in [-0.2, 0) is 9.53 Å². The molecule has 1 heterocycles. The van der Waals surface area contributed by atoms with E-state index >= 15 is 0 Å². The Morgan fingerprint density at radius 3 is 2.63 bits per heavy atom. The average molecular weight is 269 g/mol. The Hall–Kier alpha value is -0.610. The van der Waals surface area contributed by atoms with Gasteiger partial charge in [-0.3, -0.25) is 9.69 Å². The third-order valence-electron chi connectivity index (χ3n) is 4.78. The van der Waals surface area contributed by atoms with Crippen molar-refractivity contribution < 1.29 is 14.6 Å². The summed E-state index contributed by atoms with van der Waals surface area (Å²) < 4.78 is 4.89. The molecule has 1 saturated carbocycles. The van der Waals surface area contributed by atoms with Crippen LogP contribution in [0.4, 0.5) is 0 Å². The van der Waals surface area contributed by atoms with Crippen molar-refractivity contribution >= 4 is 5.97 Å². The number of likely N-dealkylation sites (tertiary alicyclic amines) is 1. The van der Waals surface area contributed by atoms with E-state index in [0.29, 0.717) is 12.0 Å². The number of hydrogen-bond acceptors (Lipinski definition) is 4. The van der Waals surface area contributed by atoms with Crippen molar-refractivity contribution in [3.8, 4) is 0 Å². The fourth-order valence-electron chi connectivity index (χ4n) is 3.80. The van der Waals surface area contributed by atoms with Gasteiger partial charge >= 0.3 is 5.97 Å². The summed E-state index contributed by atoms with van der Waals surface area (Å²) in [6.45, 7) is 5.65. The maximum Gasteiger partial charge on any atom is 0.312 e. The van der Waals surface area contributed by atoms with Gasteiger partial charge in [0.15, 0.2) is 0 Å². The van der Waals surface area contributed by atoms with E-state index in [4.69, 9.17) is 4.74 Å². The van der Waals surface area contributed by atoms with Gasteiger partial charge in [0.25, 0.3) is 0 Å². The number of carbonyl (C=O) groups is 1. The Balaban J connectivity index is 2.01. The van der Waals surface area contributed by atoms with Gasteiger partial charge in [0, 0.05) is 18.5 Å². The summed E-state index contributed by atoms with van der Waals surface area (Å²) in [5, 5.41) is 10.1. The topological polar surface area (TPSA) is 49.8 Å². The van der Waals surface area contributed by atoms with Crippen LogP contribution in [-0.4, -0.2) is 48.3 Å². The van der Waals surface area contributed by atoms with Gasteiger partial charge in [-0.15, -0.1) is 0 Å². The summed E-state index contributed by atoms with van der Waals surface area (Å²) in [5.41, 5.74) is -0.471. The first kappa shape index (κ1) is 14.8. The highest BCUT2D eigenvalue weighted by atomic mass is 16.5. The third-order valence-corrected chi connectivity index (χ3v) is 4.78. The predicted molar refractivity (Wildman–Crippen MR) is 73.7 cm³/mol. The quantitative estimate of drug-likeness (QED) is 0.791. The maximum absolute atomic E-state index is 11.8. The molecule has 4 heteroatoms. The summed E-state index contributed by atoms with van der Waals surface area (Å²) >= 11 is 0. The van der Waals surface area contributed by atoms with Crippen LogP contribution in [0.15, 0.2) is 0 Å². The molecule has 2 fully saturated rings. The molecule has 0 radical (unpaired) electrons. The standard InChI is InChI=1S/C15H27NO3/c1-15(2,14(18)19-3)10-16-9-5-7-12(16)11-6-4-8-13(11)17/h11-13,17H,4-10H2,1-3H3. The largest absolute Gasteiger partial charge is 0.469 e. The van der Waals surface area contributed by atoms with E-state index in [0.717, 1.165) is 38.8 Å². The van der Waals surface area contributed by atoms with Gasteiger partial charge in [0.1, 0.15) is 0 Å². The second-order valence-electron chi connectivity index (χ2n) is 6.72. The van der Waals surface area contributed by atoms with Gasteiger partial charge in [-0.25, -0.2) is 0 Å². The van der Waals surface area contributed by atoms with Crippen molar-refractivity contribution in [2.24, 2.45) is 11.3 Å². The van der Waals surface area contributed by atoms with Gasteiger partial charge in [0.2, 0.25) is 0 Å². The number of aliphatic hydroxyl groups excluding tert-OH is 1. The van der Waals surface area contributed by atoms with Gasteiger partial charge in [-0.1, -0.05) is 6.42 Å². The van der Waals surface area contributed by atoms with Crippen molar-refractivity contribution in [1.29, 1.82) is 0 Å². The fourth-order valence-corrected chi connectivity index (χ4v) is 3.80. The number of nitrogens with zero attached hydrogens (tertiary/aromatic N) is 1. The zero-order valence-electron chi connectivity index (χ0n) is 12.4. The minimum absolute atomic E-state index is 0.146. The van der Waals surface area contributed by atoms with Crippen molar-refractivity contribution in [2.75, 3.05) is 20.2 Å². The second kappa shape index (κ2) is 5.80. The molecule has 0 amide bonds. The molecule has 2 aliphatic rings. The van der Waals surface area contributed by atoms with E-state index < -0.39 is 5.41 Å². The Morgan fingerprint density at radius 2 is 2.05 bits per heavy atom. The highest BCUT2D eigenvalue weighted by Crippen LogP contribution is 2.37.